The van der Waals surface area contributed by atoms with Gasteiger partial charge in [-0.15, -0.1) is 0 Å². The van der Waals surface area contributed by atoms with Crippen LogP contribution in [0.2, 0.25) is 0 Å². The van der Waals surface area contributed by atoms with Gasteiger partial charge < -0.3 is 4.90 Å². The molecule has 3 aromatic heterocycles. The lowest BCUT2D eigenvalue weighted by atomic mass is 9.91. The summed E-state index contributed by atoms with van der Waals surface area (Å²) in [5, 5.41) is 8.42. The third-order valence-corrected chi connectivity index (χ3v) is 6.57. The fourth-order valence-corrected chi connectivity index (χ4v) is 4.76. The van der Waals surface area contributed by atoms with Crippen molar-refractivity contribution in [2.45, 2.75) is 39.0 Å². The number of benzene rings is 1. The summed E-state index contributed by atoms with van der Waals surface area (Å²) in [6, 6.07) is 8.66. The number of nitrogens with zero attached hydrogens (tertiary/aromatic N) is 4. The second-order valence-corrected chi connectivity index (χ2v) is 8.53. The number of nitrogens with one attached hydrogen (secondary N) is 1. The molecule has 160 valence electrons. The lowest BCUT2D eigenvalue weighted by Crippen LogP contribution is -2.35. The van der Waals surface area contributed by atoms with E-state index in [-0.39, 0.29) is 11.4 Å². The normalized spacial score (nSPS) is 15.8. The van der Waals surface area contributed by atoms with Crippen LogP contribution in [0.1, 0.15) is 41.3 Å². The smallest absolute Gasteiger partial charge is 0.261 e. The third-order valence-electron chi connectivity index (χ3n) is 6.57. The van der Waals surface area contributed by atoms with E-state index in [1.165, 1.54) is 12.1 Å². The highest BCUT2D eigenvalue weighted by Crippen LogP contribution is 2.31. The van der Waals surface area contributed by atoms with Crippen LogP contribution in [0.15, 0.2) is 41.3 Å². The topological polar surface area (TPSA) is 66.3 Å². The second kappa shape index (κ2) is 7.89. The monoisotopic (exact) mass is 419 g/mol. The quantitative estimate of drug-likeness (QED) is 0.547. The van der Waals surface area contributed by atoms with Gasteiger partial charge in [0.2, 0.25) is 0 Å². The van der Waals surface area contributed by atoms with Gasteiger partial charge in [-0.3, -0.25) is 14.3 Å². The molecule has 7 heteroatoms. The van der Waals surface area contributed by atoms with Crippen LogP contribution in [0.4, 0.5) is 4.39 Å². The van der Waals surface area contributed by atoms with E-state index in [2.05, 4.69) is 20.1 Å². The zero-order valence-corrected chi connectivity index (χ0v) is 17.9. The molecule has 5 rings (SSSR count). The number of fused-ring (bicyclic) bond motifs is 2. The van der Waals surface area contributed by atoms with Crippen molar-refractivity contribution in [3.63, 3.8) is 0 Å². The van der Waals surface area contributed by atoms with Crippen molar-refractivity contribution in [2.75, 3.05) is 19.6 Å². The maximum absolute atomic E-state index is 13.4. The lowest BCUT2D eigenvalue weighted by Gasteiger charge is -2.31. The Kier molecular flexibility index (Phi) is 5.06. The molecular formula is C24H26FN5O. The molecular weight excluding hydrogens is 393 g/mol. The highest BCUT2D eigenvalue weighted by molar-refractivity contribution is 5.81. The minimum Gasteiger partial charge on any atom is -0.303 e. The van der Waals surface area contributed by atoms with Crippen LogP contribution in [0.25, 0.3) is 16.6 Å². The van der Waals surface area contributed by atoms with Crippen LogP contribution in [0.3, 0.4) is 0 Å². The molecule has 0 bridgehead atoms. The van der Waals surface area contributed by atoms with E-state index in [9.17, 15) is 9.18 Å². The summed E-state index contributed by atoms with van der Waals surface area (Å²) in [5.74, 6) is 0.134. The molecule has 0 aliphatic carbocycles. The predicted molar refractivity (Wildman–Crippen MR) is 119 cm³/mol. The Morgan fingerprint density at radius 3 is 2.81 bits per heavy atom. The Labute approximate surface area is 179 Å². The number of pyridine rings is 1. The standard InChI is InChI=1S/C24H26FN5O/c1-15-4-3-10-30-23(15)26-16(2)19(24(30)31)9-13-29-11-7-17(8-12-29)22-20-6-5-18(25)14-21(20)27-28-22/h3-6,10,14,17H,7-9,11-13H2,1-2H3,(H,27,28). The van der Waals surface area contributed by atoms with Gasteiger partial charge in [-0.2, -0.15) is 5.10 Å². The van der Waals surface area contributed by atoms with Gasteiger partial charge in [0.15, 0.2) is 0 Å². The second-order valence-electron chi connectivity index (χ2n) is 8.53. The van der Waals surface area contributed by atoms with Gasteiger partial charge in [0, 0.05) is 47.1 Å². The number of hydrogen-bond acceptors (Lipinski definition) is 4. The van der Waals surface area contributed by atoms with E-state index in [1.54, 1.807) is 10.6 Å². The van der Waals surface area contributed by atoms with Crippen molar-refractivity contribution in [3.8, 4) is 0 Å². The van der Waals surface area contributed by atoms with Crippen molar-refractivity contribution >= 4 is 16.6 Å². The zero-order valence-electron chi connectivity index (χ0n) is 17.9. The van der Waals surface area contributed by atoms with E-state index in [4.69, 9.17) is 0 Å². The summed E-state index contributed by atoms with van der Waals surface area (Å²) in [4.78, 5) is 20.1. The van der Waals surface area contributed by atoms with Crippen molar-refractivity contribution in [1.29, 1.82) is 0 Å². The van der Waals surface area contributed by atoms with Crippen LogP contribution < -0.4 is 5.56 Å². The Bertz CT molecular complexity index is 1320. The molecule has 1 aliphatic heterocycles. The van der Waals surface area contributed by atoms with Crippen LogP contribution in [0, 0.1) is 19.7 Å². The summed E-state index contributed by atoms with van der Waals surface area (Å²) < 4.78 is 15.1. The fourth-order valence-electron chi connectivity index (χ4n) is 4.76. The molecule has 1 fully saturated rings. The fraction of sp³-hybridized carbons (Fsp3) is 0.375. The van der Waals surface area contributed by atoms with Crippen LogP contribution in [0.5, 0.6) is 0 Å². The zero-order chi connectivity index (χ0) is 21.5. The van der Waals surface area contributed by atoms with Gasteiger partial charge in [-0.1, -0.05) is 6.07 Å². The minimum absolute atomic E-state index is 0.0391. The minimum atomic E-state index is -0.259. The number of aromatic amines is 1. The van der Waals surface area contributed by atoms with E-state index < -0.39 is 0 Å². The first-order valence-electron chi connectivity index (χ1n) is 10.8. The molecule has 0 spiro atoms. The molecule has 1 N–H and O–H groups in total. The van der Waals surface area contributed by atoms with Gasteiger partial charge in [0.1, 0.15) is 11.5 Å². The van der Waals surface area contributed by atoms with Crippen molar-refractivity contribution in [1.82, 2.24) is 24.5 Å². The molecule has 1 saturated heterocycles. The molecule has 0 amide bonds. The molecule has 0 saturated carbocycles. The number of rotatable bonds is 4. The number of aryl methyl sites for hydroxylation is 2. The maximum atomic E-state index is 13.4. The first-order valence-corrected chi connectivity index (χ1v) is 10.8. The van der Waals surface area contributed by atoms with Crippen molar-refractivity contribution in [2.24, 2.45) is 0 Å². The summed E-state index contributed by atoms with van der Waals surface area (Å²) in [6.45, 7) is 6.68. The van der Waals surface area contributed by atoms with Crippen LogP contribution in [-0.4, -0.2) is 44.1 Å². The molecule has 4 aromatic rings. The molecule has 1 aliphatic rings. The number of piperidine rings is 1. The number of hydrogen-bond donors (Lipinski definition) is 1. The van der Waals surface area contributed by atoms with Crippen molar-refractivity contribution < 1.29 is 4.39 Å². The first kappa shape index (κ1) is 19.9. The Balaban J connectivity index is 1.27. The Morgan fingerprint density at radius 1 is 1.19 bits per heavy atom. The van der Waals surface area contributed by atoms with Gasteiger partial charge >= 0.3 is 0 Å². The molecule has 0 atom stereocenters. The molecule has 4 heterocycles. The average Bonchev–Trinajstić information content (AvgIpc) is 3.18. The number of likely N-dealkylation sites (tertiary alicyclic amines) is 1. The van der Waals surface area contributed by atoms with Gasteiger partial charge in [0.25, 0.3) is 5.56 Å². The number of aromatic nitrogens is 4. The average molecular weight is 420 g/mol. The number of halogens is 1. The highest BCUT2D eigenvalue weighted by atomic mass is 19.1. The van der Waals surface area contributed by atoms with Crippen LogP contribution in [-0.2, 0) is 6.42 Å². The Morgan fingerprint density at radius 2 is 2.00 bits per heavy atom. The SMILES string of the molecule is Cc1nc2c(C)cccn2c(=O)c1CCN1CCC(c2[nH]nc3cc(F)ccc23)CC1. The maximum Gasteiger partial charge on any atom is 0.261 e. The van der Waals surface area contributed by atoms with E-state index in [1.807, 2.05) is 32.0 Å². The summed E-state index contributed by atoms with van der Waals surface area (Å²) in [5.41, 5.74) is 5.20. The largest absolute Gasteiger partial charge is 0.303 e. The van der Waals surface area contributed by atoms with E-state index in [0.29, 0.717) is 17.9 Å². The Hall–Kier alpha value is -3.06. The van der Waals surface area contributed by atoms with Gasteiger partial charge in [0.05, 0.1) is 5.52 Å². The highest BCUT2D eigenvalue weighted by Gasteiger charge is 2.24. The van der Waals surface area contributed by atoms with Gasteiger partial charge in [-0.05, 0) is 70.0 Å². The van der Waals surface area contributed by atoms with Crippen molar-refractivity contribution in [3.05, 3.63) is 75.2 Å². The molecule has 1 aromatic carbocycles. The predicted octanol–water partition coefficient (Wildman–Crippen LogP) is 3.75. The summed E-state index contributed by atoms with van der Waals surface area (Å²) >= 11 is 0. The van der Waals surface area contributed by atoms with E-state index in [0.717, 1.165) is 66.0 Å². The molecule has 6 nitrogen and oxygen atoms in total. The molecule has 0 radical (unpaired) electrons. The number of H-pyrrole nitrogens is 1. The summed E-state index contributed by atoms with van der Waals surface area (Å²) in [7, 11) is 0. The van der Waals surface area contributed by atoms with E-state index >= 15 is 0 Å². The third kappa shape index (κ3) is 3.63. The van der Waals surface area contributed by atoms with Crippen LogP contribution >= 0.6 is 0 Å². The summed E-state index contributed by atoms with van der Waals surface area (Å²) in [6.07, 6.45) is 4.53. The molecule has 31 heavy (non-hydrogen) atoms. The first-order chi connectivity index (χ1) is 15.0. The lowest BCUT2D eigenvalue weighted by molar-refractivity contribution is 0.213. The van der Waals surface area contributed by atoms with Gasteiger partial charge in [-0.25, -0.2) is 9.37 Å². The molecule has 0 unspecified atom stereocenters.